The van der Waals surface area contributed by atoms with Gasteiger partial charge in [-0.05, 0) is 45.4 Å². The Labute approximate surface area is 115 Å². The van der Waals surface area contributed by atoms with Crippen LogP contribution in [0, 0.1) is 0 Å². The Balaban J connectivity index is 3.07. The van der Waals surface area contributed by atoms with Crippen molar-refractivity contribution in [1.29, 1.82) is 0 Å². The minimum Gasteiger partial charge on any atom is -0.504 e. The highest BCUT2D eigenvalue weighted by atomic mass is 16.3. The molecule has 0 spiro atoms. The van der Waals surface area contributed by atoms with E-state index in [1.807, 2.05) is 0 Å². The molecule has 0 bridgehead atoms. The molecule has 0 saturated heterocycles. The molecule has 108 valence electrons. The van der Waals surface area contributed by atoms with E-state index in [0.29, 0.717) is 16.6 Å². The minimum absolute atomic E-state index is 0.0110. The SMILES string of the molecule is CC(O)(C[N+](C)(C)C(C)(C)C)c1ccc(O)c(O)c1. The van der Waals surface area contributed by atoms with Crippen LogP contribution in [0.3, 0.4) is 0 Å². The predicted molar refractivity (Wildman–Crippen MR) is 76.1 cm³/mol. The fourth-order valence-corrected chi connectivity index (χ4v) is 1.96. The van der Waals surface area contributed by atoms with Gasteiger partial charge >= 0.3 is 0 Å². The lowest BCUT2D eigenvalue weighted by Gasteiger charge is -2.46. The van der Waals surface area contributed by atoms with Gasteiger partial charge < -0.3 is 19.8 Å². The second-order valence-electron chi connectivity index (χ2n) is 6.99. The Kier molecular flexibility index (Phi) is 3.90. The monoisotopic (exact) mass is 268 g/mol. The van der Waals surface area contributed by atoms with Crippen molar-refractivity contribution in [2.75, 3.05) is 20.6 Å². The number of phenolic OH excluding ortho intramolecular Hbond substituents is 2. The molecule has 1 rings (SSSR count). The Bertz CT molecular complexity index is 459. The molecule has 0 heterocycles. The number of likely N-dealkylation sites (N-methyl/N-ethyl adjacent to an activating group) is 1. The van der Waals surface area contributed by atoms with Crippen LogP contribution in [0.2, 0.25) is 0 Å². The summed E-state index contributed by atoms with van der Waals surface area (Å²) in [5, 5.41) is 29.6. The van der Waals surface area contributed by atoms with Crippen molar-refractivity contribution in [3.05, 3.63) is 23.8 Å². The first-order valence-corrected chi connectivity index (χ1v) is 6.45. The molecule has 0 aliphatic heterocycles. The molecule has 3 N–H and O–H groups in total. The van der Waals surface area contributed by atoms with Crippen molar-refractivity contribution >= 4 is 0 Å². The molecule has 4 heteroatoms. The number of aromatic hydroxyl groups is 2. The summed E-state index contributed by atoms with van der Waals surface area (Å²) in [7, 11) is 4.13. The van der Waals surface area contributed by atoms with Gasteiger partial charge in [-0.2, -0.15) is 0 Å². The Morgan fingerprint density at radius 2 is 1.53 bits per heavy atom. The van der Waals surface area contributed by atoms with E-state index in [9.17, 15) is 15.3 Å². The van der Waals surface area contributed by atoms with E-state index in [2.05, 4.69) is 34.9 Å². The van der Waals surface area contributed by atoms with Crippen LogP contribution in [-0.4, -0.2) is 46.0 Å². The van der Waals surface area contributed by atoms with Gasteiger partial charge in [-0.1, -0.05) is 6.07 Å². The number of hydrogen-bond donors (Lipinski definition) is 3. The topological polar surface area (TPSA) is 60.7 Å². The molecule has 0 amide bonds. The average molecular weight is 268 g/mol. The highest BCUT2D eigenvalue weighted by Crippen LogP contribution is 2.33. The van der Waals surface area contributed by atoms with Crippen LogP contribution >= 0.6 is 0 Å². The number of rotatable bonds is 3. The van der Waals surface area contributed by atoms with Crippen LogP contribution < -0.4 is 0 Å². The van der Waals surface area contributed by atoms with Crippen LogP contribution in [0.1, 0.15) is 33.3 Å². The predicted octanol–water partition coefficient (Wildman–Crippen LogP) is 2.18. The standard InChI is InChI=1S/C15H25NO3/c1-14(2,3)16(5,6)10-15(4,19)11-7-8-12(17)13(18)9-11/h7-9,19H,10H2,1-6H3,(H-,17,18)/p+1. The molecule has 0 aliphatic carbocycles. The molecule has 4 nitrogen and oxygen atoms in total. The molecule has 1 aromatic rings. The zero-order chi connectivity index (χ0) is 15.1. The maximum atomic E-state index is 10.7. The zero-order valence-electron chi connectivity index (χ0n) is 12.7. The van der Waals surface area contributed by atoms with Crippen molar-refractivity contribution in [3.63, 3.8) is 0 Å². The van der Waals surface area contributed by atoms with E-state index in [0.717, 1.165) is 0 Å². The van der Waals surface area contributed by atoms with Crippen LogP contribution in [-0.2, 0) is 5.60 Å². The van der Waals surface area contributed by atoms with Crippen LogP contribution in [0.4, 0.5) is 0 Å². The zero-order valence-corrected chi connectivity index (χ0v) is 12.7. The van der Waals surface area contributed by atoms with Crippen molar-refractivity contribution in [2.24, 2.45) is 0 Å². The van der Waals surface area contributed by atoms with E-state index in [4.69, 9.17) is 0 Å². The maximum absolute atomic E-state index is 10.7. The van der Waals surface area contributed by atoms with Gasteiger partial charge in [-0.15, -0.1) is 0 Å². The third-order valence-electron chi connectivity index (χ3n) is 4.12. The summed E-state index contributed by atoms with van der Waals surface area (Å²) in [4.78, 5) is 0. The van der Waals surface area contributed by atoms with E-state index in [1.165, 1.54) is 12.1 Å². The van der Waals surface area contributed by atoms with Crippen LogP contribution in [0.25, 0.3) is 0 Å². The molecule has 0 aliphatic rings. The average Bonchev–Trinajstić information content (AvgIpc) is 2.18. The maximum Gasteiger partial charge on any atom is 0.157 e. The van der Waals surface area contributed by atoms with Gasteiger partial charge in [0.05, 0.1) is 19.6 Å². The second-order valence-corrected chi connectivity index (χ2v) is 6.99. The summed E-state index contributed by atoms with van der Waals surface area (Å²) in [6, 6.07) is 4.45. The highest BCUT2D eigenvalue weighted by molar-refractivity contribution is 5.42. The lowest BCUT2D eigenvalue weighted by molar-refractivity contribution is -0.941. The lowest BCUT2D eigenvalue weighted by atomic mass is 9.91. The summed E-state index contributed by atoms with van der Waals surface area (Å²) in [5.41, 5.74) is -0.497. The summed E-state index contributed by atoms with van der Waals surface area (Å²) >= 11 is 0. The van der Waals surface area contributed by atoms with E-state index in [1.54, 1.807) is 13.0 Å². The fraction of sp³-hybridized carbons (Fsp3) is 0.600. The second kappa shape index (κ2) is 4.69. The first-order chi connectivity index (χ1) is 8.37. The highest BCUT2D eigenvalue weighted by Gasteiger charge is 2.39. The molecule has 1 atom stereocenters. The van der Waals surface area contributed by atoms with E-state index < -0.39 is 5.60 Å². The number of phenols is 2. The molecule has 19 heavy (non-hydrogen) atoms. The third kappa shape index (κ3) is 3.39. The number of hydrogen-bond acceptors (Lipinski definition) is 3. The van der Waals surface area contributed by atoms with Gasteiger partial charge in [0, 0.05) is 0 Å². The van der Waals surface area contributed by atoms with Crippen LogP contribution in [0.15, 0.2) is 18.2 Å². The van der Waals surface area contributed by atoms with Gasteiger partial charge in [-0.25, -0.2) is 0 Å². The van der Waals surface area contributed by atoms with Gasteiger partial charge in [0.2, 0.25) is 0 Å². The first kappa shape index (κ1) is 15.8. The van der Waals surface area contributed by atoms with Crippen LogP contribution in [0.5, 0.6) is 11.5 Å². The minimum atomic E-state index is -1.08. The number of nitrogens with zero attached hydrogens (tertiary/aromatic N) is 1. The van der Waals surface area contributed by atoms with Crippen molar-refractivity contribution in [1.82, 2.24) is 0 Å². The van der Waals surface area contributed by atoms with Gasteiger partial charge in [0.15, 0.2) is 11.5 Å². The summed E-state index contributed by atoms with van der Waals surface area (Å²) < 4.78 is 0.627. The summed E-state index contributed by atoms with van der Waals surface area (Å²) in [5.74, 6) is -0.386. The number of quaternary nitrogens is 1. The largest absolute Gasteiger partial charge is 0.504 e. The fourth-order valence-electron chi connectivity index (χ4n) is 1.96. The quantitative estimate of drug-likeness (QED) is 0.581. The normalized spacial score (nSPS) is 16.2. The number of benzene rings is 1. The van der Waals surface area contributed by atoms with Crippen molar-refractivity contribution in [3.8, 4) is 11.5 Å². The lowest BCUT2D eigenvalue weighted by Crippen LogP contribution is -2.59. The Morgan fingerprint density at radius 3 is 1.95 bits per heavy atom. The van der Waals surface area contributed by atoms with Gasteiger partial charge in [0.1, 0.15) is 12.1 Å². The van der Waals surface area contributed by atoms with E-state index in [-0.39, 0.29) is 17.0 Å². The molecular formula is C15H26NO3+. The molecule has 0 aromatic heterocycles. The molecular weight excluding hydrogens is 242 g/mol. The Hall–Kier alpha value is -1.26. The molecule has 1 aromatic carbocycles. The Morgan fingerprint density at radius 1 is 1.00 bits per heavy atom. The summed E-state index contributed by atoms with van der Waals surface area (Å²) in [6.07, 6.45) is 0. The molecule has 0 saturated carbocycles. The van der Waals surface area contributed by atoms with Crippen molar-refractivity contribution < 1.29 is 19.8 Å². The first-order valence-electron chi connectivity index (χ1n) is 6.45. The van der Waals surface area contributed by atoms with Gasteiger partial charge in [-0.3, -0.25) is 0 Å². The van der Waals surface area contributed by atoms with E-state index >= 15 is 0 Å². The molecule has 0 radical (unpaired) electrons. The molecule has 0 fully saturated rings. The molecule has 1 unspecified atom stereocenters. The van der Waals surface area contributed by atoms with Gasteiger partial charge in [0.25, 0.3) is 0 Å². The van der Waals surface area contributed by atoms with Crippen molar-refractivity contribution in [2.45, 2.75) is 38.8 Å². The third-order valence-corrected chi connectivity index (χ3v) is 4.12. The smallest absolute Gasteiger partial charge is 0.157 e. The summed E-state index contributed by atoms with van der Waals surface area (Å²) in [6.45, 7) is 8.59. The number of aliphatic hydroxyl groups is 1.